The number of hydrogen-bond acceptors (Lipinski definition) is 3. The van der Waals surface area contributed by atoms with E-state index in [4.69, 9.17) is 9.47 Å². The van der Waals surface area contributed by atoms with Crippen LogP contribution in [0.5, 0.6) is 11.5 Å². The lowest BCUT2D eigenvalue weighted by Gasteiger charge is -2.27. The number of rotatable bonds is 9. The Kier molecular flexibility index (Phi) is 6.34. The SMILES string of the molecule is CCC(C)(O)CCC(CCCc1ccc2c(c1)OCO2)C(C)C. The van der Waals surface area contributed by atoms with Crippen LogP contribution in [0, 0.1) is 11.8 Å². The lowest BCUT2D eigenvalue weighted by atomic mass is 9.82. The van der Waals surface area contributed by atoms with E-state index in [0.29, 0.717) is 18.6 Å². The Hall–Kier alpha value is -1.22. The molecule has 0 aliphatic carbocycles. The number of aryl methyl sites for hydroxylation is 1. The maximum absolute atomic E-state index is 10.2. The Labute approximate surface area is 141 Å². The molecule has 130 valence electrons. The number of ether oxygens (including phenoxy) is 2. The molecule has 2 rings (SSSR count). The molecule has 0 amide bonds. The molecule has 0 spiro atoms. The van der Waals surface area contributed by atoms with Gasteiger partial charge >= 0.3 is 0 Å². The van der Waals surface area contributed by atoms with Crippen LogP contribution in [-0.2, 0) is 6.42 Å². The van der Waals surface area contributed by atoms with Crippen molar-refractivity contribution in [3.05, 3.63) is 23.8 Å². The van der Waals surface area contributed by atoms with Crippen molar-refractivity contribution in [2.45, 2.75) is 71.8 Å². The van der Waals surface area contributed by atoms with E-state index in [-0.39, 0.29) is 0 Å². The fraction of sp³-hybridized carbons (Fsp3) is 0.700. The van der Waals surface area contributed by atoms with E-state index >= 15 is 0 Å². The summed E-state index contributed by atoms with van der Waals surface area (Å²) in [7, 11) is 0. The van der Waals surface area contributed by atoms with Gasteiger partial charge in [-0.3, -0.25) is 0 Å². The molecule has 1 aromatic rings. The molecule has 1 aromatic carbocycles. The largest absolute Gasteiger partial charge is 0.454 e. The summed E-state index contributed by atoms with van der Waals surface area (Å²) in [4.78, 5) is 0. The molecule has 0 aromatic heterocycles. The highest BCUT2D eigenvalue weighted by molar-refractivity contribution is 5.44. The van der Waals surface area contributed by atoms with Crippen molar-refractivity contribution in [3.8, 4) is 11.5 Å². The minimum absolute atomic E-state index is 0.339. The number of fused-ring (bicyclic) bond motifs is 1. The Morgan fingerprint density at radius 3 is 2.61 bits per heavy atom. The van der Waals surface area contributed by atoms with Gasteiger partial charge in [0.25, 0.3) is 0 Å². The zero-order valence-electron chi connectivity index (χ0n) is 15.1. The maximum Gasteiger partial charge on any atom is 0.231 e. The summed E-state index contributed by atoms with van der Waals surface area (Å²) in [5.74, 6) is 3.08. The number of hydrogen-bond donors (Lipinski definition) is 1. The first-order chi connectivity index (χ1) is 10.9. The highest BCUT2D eigenvalue weighted by Crippen LogP contribution is 2.33. The molecule has 3 heteroatoms. The predicted molar refractivity (Wildman–Crippen MR) is 94.0 cm³/mol. The Bertz CT molecular complexity index is 494. The van der Waals surface area contributed by atoms with Gasteiger partial charge in [0.15, 0.2) is 11.5 Å². The standard InChI is InChI=1S/C20H32O3/c1-5-20(4,21)12-11-17(15(2)3)8-6-7-16-9-10-18-19(13-16)23-14-22-18/h9-10,13,15,17,21H,5-8,11-12,14H2,1-4H3. The molecule has 3 nitrogen and oxygen atoms in total. The third-order valence-electron chi connectivity index (χ3n) is 5.24. The first kappa shape index (κ1) is 18.1. The Morgan fingerprint density at radius 2 is 1.91 bits per heavy atom. The third-order valence-corrected chi connectivity index (χ3v) is 5.24. The molecule has 0 fully saturated rings. The predicted octanol–water partition coefficient (Wildman–Crippen LogP) is 4.95. The van der Waals surface area contributed by atoms with E-state index in [1.807, 2.05) is 13.0 Å². The molecule has 23 heavy (non-hydrogen) atoms. The van der Waals surface area contributed by atoms with Crippen LogP contribution in [0.3, 0.4) is 0 Å². The number of aliphatic hydroxyl groups is 1. The minimum atomic E-state index is -0.509. The van der Waals surface area contributed by atoms with Crippen LogP contribution in [-0.4, -0.2) is 17.5 Å². The van der Waals surface area contributed by atoms with Crippen molar-refractivity contribution in [2.75, 3.05) is 6.79 Å². The van der Waals surface area contributed by atoms with Crippen LogP contribution in [0.2, 0.25) is 0 Å². The molecule has 0 radical (unpaired) electrons. The first-order valence-corrected chi connectivity index (χ1v) is 9.02. The van der Waals surface area contributed by atoms with Crippen LogP contribution in [0.1, 0.15) is 65.4 Å². The second-order valence-corrected chi connectivity index (χ2v) is 7.47. The molecule has 1 heterocycles. The van der Waals surface area contributed by atoms with Gasteiger partial charge in [0.1, 0.15) is 0 Å². The van der Waals surface area contributed by atoms with Gasteiger partial charge in [-0.15, -0.1) is 0 Å². The van der Waals surface area contributed by atoms with Crippen LogP contribution in [0.25, 0.3) is 0 Å². The van der Waals surface area contributed by atoms with Gasteiger partial charge in [-0.25, -0.2) is 0 Å². The molecular weight excluding hydrogens is 288 g/mol. The van der Waals surface area contributed by atoms with E-state index in [9.17, 15) is 5.11 Å². The van der Waals surface area contributed by atoms with Crippen LogP contribution in [0.15, 0.2) is 18.2 Å². The average molecular weight is 320 g/mol. The molecule has 1 N–H and O–H groups in total. The van der Waals surface area contributed by atoms with Gasteiger partial charge in [0.05, 0.1) is 5.60 Å². The highest BCUT2D eigenvalue weighted by Gasteiger charge is 2.21. The zero-order chi connectivity index (χ0) is 16.9. The summed E-state index contributed by atoms with van der Waals surface area (Å²) < 4.78 is 10.8. The van der Waals surface area contributed by atoms with Crippen molar-refractivity contribution in [1.82, 2.24) is 0 Å². The van der Waals surface area contributed by atoms with Gasteiger partial charge in [0, 0.05) is 0 Å². The van der Waals surface area contributed by atoms with Crippen molar-refractivity contribution in [1.29, 1.82) is 0 Å². The summed E-state index contributed by atoms with van der Waals surface area (Å²) in [5, 5.41) is 10.2. The number of benzene rings is 1. The molecule has 1 aliphatic rings. The summed E-state index contributed by atoms with van der Waals surface area (Å²) in [6, 6.07) is 6.25. The average Bonchev–Trinajstić information content (AvgIpc) is 2.97. The van der Waals surface area contributed by atoms with Crippen molar-refractivity contribution < 1.29 is 14.6 Å². The monoisotopic (exact) mass is 320 g/mol. The van der Waals surface area contributed by atoms with Crippen molar-refractivity contribution in [3.63, 3.8) is 0 Å². The van der Waals surface area contributed by atoms with Crippen LogP contribution < -0.4 is 9.47 Å². The lowest BCUT2D eigenvalue weighted by Crippen LogP contribution is -2.24. The summed E-state index contributed by atoms with van der Waals surface area (Å²) in [6.45, 7) is 8.95. The summed E-state index contributed by atoms with van der Waals surface area (Å²) in [5.41, 5.74) is 0.807. The van der Waals surface area contributed by atoms with Crippen molar-refractivity contribution in [2.24, 2.45) is 11.8 Å². The fourth-order valence-corrected chi connectivity index (χ4v) is 3.15. The molecule has 0 bridgehead atoms. The lowest BCUT2D eigenvalue weighted by molar-refractivity contribution is 0.0373. The van der Waals surface area contributed by atoms with Crippen molar-refractivity contribution >= 4 is 0 Å². The molecular formula is C20H32O3. The van der Waals surface area contributed by atoms with Gasteiger partial charge in [0.2, 0.25) is 6.79 Å². The topological polar surface area (TPSA) is 38.7 Å². The Balaban J connectivity index is 1.80. The Morgan fingerprint density at radius 1 is 1.17 bits per heavy atom. The molecule has 0 saturated carbocycles. The quantitative estimate of drug-likeness (QED) is 0.699. The normalized spacial score (nSPS) is 17.3. The van der Waals surface area contributed by atoms with Crippen LogP contribution in [0.4, 0.5) is 0 Å². The highest BCUT2D eigenvalue weighted by atomic mass is 16.7. The van der Waals surface area contributed by atoms with E-state index < -0.39 is 5.60 Å². The molecule has 0 saturated heterocycles. The second kappa shape index (κ2) is 8.05. The van der Waals surface area contributed by atoms with Crippen LogP contribution >= 0.6 is 0 Å². The van der Waals surface area contributed by atoms with E-state index in [2.05, 4.69) is 32.9 Å². The van der Waals surface area contributed by atoms with Gasteiger partial charge in [-0.2, -0.15) is 0 Å². The second-order valence-electron chi connectivity index (χ2n) is 7.47. The van der Waals surface area contributed by atoms with Gasteiger partial charge in [-0.1, -0.05) is 26.8 Å². The summed E-state index contributed by atoms with van der Waals surface area (Å²) >= 11 is 0. The van der Waals surface area contributed by atoms with E-state index in [1.54, 1.807) is 0 Å². The van der Waals surface area contributed by atoms with Gasteiger partial charge in [-0.05, 0) is 75.0 Å². The smallest absolute Gasteiger partial charge is 0.231 e. The van der Waals surface area contributed by atoms with E-state index in [1.165, 1.54) is 18.4 Å². The molecule has 1 aliphatic heterocycles. The molecule has 2 unspecified atom stereocenters. The fourth-order valence-electron chi connectivity index (χ4n) is 3.15. The first-order valence-electron chi connectivity index (χ1n) is 9.02. The maximum atomic E-state index is 10.2. The summed E-state index contributed by atoms with van der Waals surface area (Å²) in [6.07, 6.45) is 6.30. The zero-order valence-corrected chi connectivity index (χ0v) is 15.1. The van der Waals surface area contributed by atoms with E-state index in [0.717, 1.165) is 37.2 Å². The minimum Gasteiger partial charge on any atom is -0.454 e. The van der Waals surface area contributed by atoms with Gasteiger partial charge < -0.3 is 14.6 Å². The third kappa shape index (κ3) is 5.42. The molecule has 2 atom stereocenters.